The Kier molecular flexibility index (Phi) is 3.01. The van der Waals surface area contributed by atoms with Gasteiger partial charge in [-0.2, -0.15) is 0 Å². The molecule has 3 unspecified atom stereocenters. The van der Waals surface area contributed by atoms with Crippen molar-refractivity contribution in [3.63, 3.8) is 0 Å². The summed E-state index contributed by atoms with van der Waals surface area (Å²) in [6, 6.07) is 0.579. The Labute approximate surface area is 116 Å². The zero-order chi connectivity index (χ0) is 13.7. The van der Waals surface area contributed by atoms with E-state index in [1.54, 1.807) is 0 Å². The van der Waals surface area contributed by atoms with Gasteiger partial charge in [-0.25, -0.2) is 4.98 Å². The molecule has 3 nitrogen and oxygen atoms in total. The van der Waals surface area contributed by atoms with Crippen molar-refractivity contribution in [2.45, 2.75) is 66.0 Å². The molecular formula is C16H26N2O. The fourth-order valence-corrected chi connectivity index (χ4v) is 4.59. The first-order valence-electron chi connectivity index (χ1n) is 7.62. The molecule has 3 heteroatoms. The molecule has 2 fully saturated rings. The Balaban J connectivity index is 1.69. The Morgan fingerprint density at radius 3 is 2.79 bits per heavy atom. The second kappa shape index (κ2) is 4.34. The van der Waals surface area contributed by atoms with Gasteiger partial charge in [0.25, 0.3) is 0 Å². The van der Waals surface area contributed by atoms with E-state index < -0.39 is 0 Å². The van der Waals surface area contributed by atoms with Gasteiger partial charge in [0.05, 0.1) is 12.7 Å². The lowest BCUT2D eigenvalue weighted by Crippen LogP contribution is -2.49. The highest BCUT2D eigenvalue weighted by atomic mass is 16.4. The minimum absolute atomic E-state index is 0.396. The van der Waals surface area contributed by atoms with E-state index in [2.05, 4.69) is 38.0 Å². The summed E-state index contributed by atoms with van der Waals surface area (Å²) in [6.07, 6.45) is 6.92. The topological polar surface area (TPSA) is 38.1 Å². The number of rotatable bonds is 4. The monoisotopic (exact) mass is 262 g/mol. The summed E-state index contributed by atoms with van der Waals surface area (Å²) in [5.41, 5.74) is 0.863. The number of oxazole rings is 1. The Bertz CT molecular complexity index is 460. The van der Waals surface area contributed by atoms with Gasteiger partial charge in [0.1, 0.15) is 5.76 Å². The van der Waals surface area contributed by atoms with E-state index in [0.717, 1.165) is 30.5 Å². The molecule has 1 aromatic rings. The highest BCUT2D eigenvalue weighted by Gasteiger charge is 2.58. The second-order valence-corrected chi connectivity index (χ2v) is 7.30. The molecule has 1 heterocycles. The molecule has 1 N–H and O–H groups in total. The number of hydrogen-bond donors (Lipinski definition) is 1. The number of fused-ring (bicyclic) bond motifs is 2. The van der Waals surface area contributed by atoms with Crippen LogP contribution in [0.2, 0.25) is 0 Å². The van der Waals surface area contributed by atoms with Crippen LogP contribution in [-0.2, 0) is 13.0 Å². The average molecular weight is 262 g/mol. The molecule has 2 saturated carbocycles. The van der Waals surface area contributed by atoms with Crippen LogP contribution in [-0.4, -0.2) is 11.0 Å². The van der Waals surface area contributed by atoms with Crippen LogP contribution in [0.5, 0.6) is 0 Å². The van der Waals surface area contributed by atoms with Crippen LogP contribution in [0.4, 0.5) is 0 Å². The number of nitrogens with one attached hydrogen (secondary N) is 1. The van der Waals surface area contributed by atoms with E-state index in [9.17, 15) is 0 Å². The van der Waals surface area contributed by atoms with Gasteiger partial charge in [-0.15, -0.1) is 0 Å². The van der Waals surface area contributed by atoms with E-state index in [0.29, 0.717) is 16.9 Å². The zero-order valence-corrected chi connectivity index (χ0v) is 12.6. The van der Waals surface area contributed by atoms with Crippen molar-refractivity contribution in [1.29, 1.82) is 0 Å². The van der Waals surface area contributed by atoms with Crippen molar-refractivity contribution in [3.05, 3.63) is 17.8 Å². The van der Waals surface area contributed by atoms with Gasteiger partial charge in [-0.3, -0.25) is 0 Å². The maximum absolute atomic E-state index is 5.70. The molecule has 2 bridgehead atoms. The van der Waals surface area contributed by atoms with Crippen molar-refractivity contribution in [2.24, 2.45) is 16.7 Å². The summed E-state index contributed by atoms with van der Waals surface area (Å²) in [6.45, 7) is 10.2. The lowest BCUT2D eigenvalue weighted by molar-refractivity contribution is 0.105. The molecule has 19 heavy (non-hydrogen) atoms. The maximum atomic E-state index is 5.70. The number of nitrogens with zero attached hydrogens (tertiary/aromatic N) is 1. The van der Waals surface area contributed by atoms with Crippen molar-refractivity contribution < 1.29 is 4.42 Å². The van der Waals surface area contributed by atoms with Gasteiger partial charge in [-0.1, -0.05) is 27.7 Å². The van der Waals surface area contributed by atoms with E-state index >= 15 is 0 Å². The molecule has 0 spiro atoms. The highest BCUT2D eigenvalue weighted by Crippen LogP contribution is 2.62. The standard InChI is InChI=1S/C16H26N2O/c1-5-12-9-17-13(19-12)10-18-14-15(2,3)11-6-7-16(14,4)8-11/h9,11,14,18H,5-8,10H2,1-4H3. The summed E-state index contributed by atoms with van der Waals surface area (Å²) < 4.78 is 5.70. The van der Waals surface area contributed by atoms with Crippen molar-refractivity contribution in [2.75, 3.05) is 0 Å². The zero-order valence-electron chi connectivity index (χ0n) is 12.6. The molecule has 106 valence electrons. The predicted octanol–water partition coefficient (Wildman–Crippen LogP) is 3.54. The fraction of sp³-hybridized carbons (Fsp3) is 0.812. The van der Waals surface area contributed by atoms with Crippen LogP contribution in [0.1, 0.15) is 58.6 Å². The van der Waals surface area contributed by atoms with Crippen LogP contribution in [0.15, 0.2) is 10.6 Å². The first kappa shape index (κ1) is 13.2. The van der Waals surface area contributed by atoms with Gasteiger partial charge in [-0.05, 0) is 36.0 Å². The van der Waals surface area contributed by atoms with Gasteiger partial charge >= 0.3 is 0 Å². The minimum Gasteiger partial charge on any atom is -0.444 e. The van der Waals surface area contributed by atoms with Gasteiger partial charge < -0.3 is 9.73 Å². The quantitative estimate of drug-likeness (QED) is 0.902. The molecule has 0 amide bonds. The second-order valence-electron chi connectivity index (χ2n) is 7.30. The van der Waals surface area contributed by atoms with Crippen molar-refractivity contribution >= 4 is 0 Å². The van der Waals surface area contributed by atoms with Crippen molar-refractivity contribution in [3.8, 4) is 0 Å². The maximum Gasteiger partial charge on any atom is 0.208 e. The first-order chi connectivity index (χ1) is 8.95. The van der Waals surface area contributed by atoms with Gasteiger partial charge in [0.2, 0.25) is 5.89 Å². The summed E-state index contributed by atoms with van der Waals surface area (Å²) in [5, 5.41) is 3.74. The summed E-state index contributed by atoms with van der Waals surface area (Å²) >= 11 is 0. The number of aromatic nitrogens is 1. The van der Waals surface area contributed by atoms with Crippen LogP contribution in [0.3, 0.4) is 0 Å². The van der Waals surface area contributed by atoms with Gasteiger partial charge in [0, 0.05) is 12.5 Å². The lowest BCUT2D eigenvalue weighted by Gasteiger charge is -2.43. The van der Waals surface area contributed by atoms with Crippen LogP contribution in [0, 0.1) is 16.7 Å². The third kappa shape index (κ3) is 2.03. The third-order valence-electron chi connectivity index (χ3n) is 5.68. The fourth-order valence-electron chi connectivity index (χ4n) is 4.59. The normalized spacial score (nSPS) is 36.0. The summed E-state index contributed by atoms with van der Waals surface area (Å²) in [7, 11) is 0. The minimum atomic E-state index is 0.396. The molecule has 3 atom stereocenters. The molecule has 0 saturated heterocycles. The Morgan fingerprint density at radius 2 is 2.21 bits per heavy atom. The molecule has 2 aliphatic rings. The summed E-state index contributed by atoms with van der Waals surface area (Å²) in [4.78, 5) is 4.35. The van der Waals surface area contributed by atoms with E-state index in [-0.39, 0.29) is 0 Å². The molecule has 0 radical (unpaired) electrons. The molecule has 3 rings (SSSR count). The van der Waals surface area contributed by atoms with E-state index in [1.807, 2.05) is 6.20 Å². The largest absolute Gasteiger partial charge is 0.444 e. The Hall–Kier alpha value is -0.830. The molecular weight excluding hydrogens is 236 g/mol. The van der Waals surface area contributed by atoms with Crippen LogP contribution < -0.4 is 5.32 Å². The Morgan fingerprint density at radius 1 is 1.42 bits per heavy atom. The van der Waals surface area contributed by atoms with Gasteiger partial charge in [0.15, 0.2) is 0 Å². The first-order valence-corrected chi connectivity index (χ1v) is 7.62. The molecule has 0 aliphatic heterocycles. The molecule has 1 aromatic heterocycles. The highest BCUT2D eigenvalue weighted by molar-refractivity contribution is 5.12. The smallest absolute Gasteiger partial charge is 0.208 e. The lowest BCUT2D eigenvalue weighted by atomic mass is 9.68. The van der Waals surface area contributed by atoms with Crippen LogP contribution >= 0.6 is 0 Å². The van der Waals surface area contributed by atoms with Crippen LogP contribution in [0.25, 0.3) is 0 Å². The number of hydrogen-bond acceptors (Lipinski definition) is 3. The van der Waals surface area contributed by atoms with Crippen molar-refractivity contribution in [1.82, 2.24) is 10.3 Å². The van der Waals surface area contributed by atoms with E-state index in [1.165, 1.54) is 19.3 Å². The van der Waals surface area contributed by atoms with E-state index in [4.69, 9.17) is 4.42 Å². The predicted molar refractivity (Wildman–Crippen MR) is 75.7 cm³/mol. The molecule has 2 aliphatic carbocycles. The number of aryl methyl sites for hydroxylation is 1. The molecule has 0 aromatic carbocycles. The SMILES string of the molecule is CCc1cnc(CNC2C3(C)CCC(C3)C2(C)C)o1. The third-order valence-corrected chi connectivity index (χ3v) is 5.68. The summed E-state index contributed by atoms with van der Waals surface area (Å²) in [5.74, 6) is 2.69. The average Bonchev–Trinajstić information content (AvgIpc) is 2.99.